The molecule has 1 aromatic carbocycles. The van der Waals surface area contributed by atoms with Gasteiger partial charge in [-0.25, -0.2) is 0 Å². The molecule has 0 radical (unpaired) electrons. The molecule has 3 atom stereocenters. The van der Waals surface area contributed by atoms with Crippen molar-refractivity contribution in [2.45, 2.75) is 44.1 Å². The fourth-order valence-electron chi connectivity index (χ4n) is 6.09. The van der Waals surface area contributed by atoms with Crippen molar-refractivity contribution < 1.29 is 4.79 Å². The molecule has 4 heterocycles. The average molecular weight is 417 g/mol. The van der Waals surface area contributed by atoms with Crippen molar-refractivity contribution in [2.75, 3.05) is 24.5 Å². The molecule has 2 aromatic heterocycles. The van der Waals surface area contributed by atoms with Crippen LogP contribution in [0.1, 0.15) is 43.6 Å². The molecular weight excluding hydrogens is 388 g/mol. The maximum Gasteiger partial charge on any atom is 0.226 e. The average Bonchev–Trinajstić information content (AvgIpc) is 3.55. The molecular formula is C24H28N6O. The van der Waals surface area contributed by atoms with Crippen molar-refractivity contribution in [2.24, 2.45) is 11.8 Å². The molecule has 160 valence electrons. The molecule has 6 rings (SSSR count). The summed E-state index contributed by atoms with van der Waals surface area (Å²) in [5.41, 5.74) is 2.15. The molecule has 1 aliphatic carbocycles. The van der Waals surface area contributed by atoms with E-state index < -0.39 is 0 Å². The summed E-state index contributed by atoms with van der Waals surface area (Å²) in [7, 11) is 0. The number of fused-ring (bicyclic) bond motifs is 2. The molecule has 3 unspecified atom stereocenters. The first-order valence-electron chi connectivity index (χ1n) is 11.6. The highest BCUT2D eigenvalue weighted by molar-refractivity contribution is 5.80. The van der Waals surface area contributed by atoms with Crippen LogP contribution >= 0.6 is 0 Å². The molecule has 3 aromatic rings. The summed E-state index contributed by atoms with van der Waals surface area (Å²) >= 11 is 0. The zero-order chi connectivity index (χ0) is 20.8. The number of piperidine rings is 1. The fraction of sp³-hybridized carbons (Fsp3) is 0.500. The number of hydrogen-bond acceptors (Lipinski definition) is 5. The second kappa shape index (κ2) is 7.62. The number of benzene rings is 1. The number of nitrogens with zero attached hydrogens (tertiary/aromatic N) is 6. The lowest BCUT2D eigenvalue weighted by Crippen LogP contribution is -2.44. The predicted molar refractivity (Wildman–Crippen MR) is 118 cm³/mol. The van der Waals surface area contributed by atoms with Crippen molar-refractivity contribution in [3.8, 4) is 0 Å². The monoisotopic (exact) mass is 416 g/mol. The topological polar surface area (TPSA) is 66.6 Å². The van der Waals surface area contributed by atoms with Gasteiger partial charge in [-0.15, -0.1) is 15.3 Å². The number of hydrogen-bond donors (Lipinski definition) is 0. The Balaban J connectivity index is 1.14. The maximum absolute atomic E-state index is 13.6. The van der Waals surface area contributed by atoms with Gasteiger partial charge in [0.2, 0.25) is 5.91 Å². The summed E-state index contributed by atoms with van der Waals surface area (Å²) in [6.45, 7) is 2.62. The number of carbonyl (C=O) groups is 1. The molecule has 3 aliphatic rings. The van der Waals surface area contributed by atoms with Gasteiger partial charge in [0.15, 0.2) is 5.65 Å². The molecule has 0 bridgehead atoms. The summed E-state index contributed by atoms with van der Waals surface area (Å²) < 4.78 is 1.71. The van der Waals surface area contributed by atoms with Crippen LogP contribution in [0.3, 0.4) is 0 Å². The quantitative estimate of drug-likeness (QED) is 0.656. The van der Waals surface area contributed by atoms with E-state index in [0.717, 1.165) is 43.9 Å². The number of anilines is 1. The van der Waals surface area contributed by atoms with Crippen LogP contribution in [0.15, 0.2) is 48.8 Å². The van der Waals surface area contributed by atoms with Gasteiger partial charge in [-0.3, -0.25) is 4.79 Å². The van der Waals surface area contributed by atoms with Gasteiger partial charge in [0.05, 0.1) is 0 Å². The normalized spacial score (nSPS) is 26.5. The van der Waals surface area contributed by atoms with Crippen LogP contribution in [0, 0.1) is 11.8 Å². The number of likely N-dealkylation sites (tertiary alicyclic amines) is 1. The zero-order valence-electron chi connectivity index (χ0n) is 17.7. The van der Waals surface area contributed by atoms with Crippen LogP contribution in [0.25, 0.3) is 5.65 Å². The third-order valence-electron chi connectivity index (χ3n) is 7.67. The Morgan fingerprint density at radius 2 is 1.81 bits per heavy atom. The van der Waals surface area contributed by atoms with E-state index in [4.69, 9.17) is 0 Å². The first-order valence-corrected chi connectivity index (χ1v) is 11.6. The number of rotatable bonds is 3. The number of amides is 1. The van der Waals surface area contributed by atoms with Gasteiger partial charge >= 0.3 is 0 Å². The van der Waals surface area contributed by atoms with Crippen molar-refractivity contribution >= 4 is 17.4 Å². The highest BCUT2D eigenvalue weighted by Gasteiger charge is 2.47. The first kappa shape index (κ1) is 18.8. The largest absolute Gasteiger partial charge is 0.355 e. The van der Waals surface area contributed by atoms with Crippen LogP contribution in [-0.2, 0) is 4.79 Å². The molecule has 1 saturated carbocycles. The lowest BCUT2D eigenvalue weighted by atomic mass is 9.86. The number of aromatic nitrogens is 4. The van der Waals surface area contributed by atoms with Crippen LogP contribution in [-0.4, -0.2) is 56.3 Å². The van der Waals surface area contributed by atoms with E-state index in [1.807, 2.05) is 12.1 Å². The van der Waals surface area contributed by atoms with Gasteiger partial charge in [0.25, 0.3) is 0 Å². The predicted octanol–water partition coefficient (Wildman–Crippen LogP) is 3.14. The molecule has 0 spiro atoms. The SMILES string of the molecule is O=C(C1CCN(c2ccc3nncn3n2)CC1)N1CC(c2ccccc2)C2CCCC21. The van der Waals surface area contributed by atoms with E-state index >= 15 is 0 Å². The smallest absolute Gasteiger partial charge is 0.226 e. The van der Waals surface area contributed by atoms with E-state index in [0.29, 0.717) is 23.8 Å². The Morgan fingerprint density at radius 3 is 2.65 bits per heavy atom. The third-order valence-corrected chi connectivity index (χ3v) is 7.67. The highest BCUT2D eigenvalue weighted by Crippen LogP contribution is 2.47. The second-order valence-electron chi connectivity index (χ2n) is 9.26. The summed E-state index contributed by atoms with van der Waals surface area (Å²) in [4.78, 5) is 18.1. The molecule has 2 aliphatic heterocycles. The third kappa shape index (κ3) is 3.27. The maximum atomic E-state index is 13.6. The van der Waals surface area contributed by atoms with E-state index in [-0.39, 0.29) is 5.92 Å². The molecule has 2 saturated heterocycles. The molecule has 31 heavy (non-hydrogen) atoms. The van der Waals surface area contributed by atoms with Crippen molar-refractivity contribution in [3.05, 3.63) is 54.4 Å². The van der Waals surface area contributed by atoms with Crippen LogP contribution in [0.4, 0.5) is 5.82 Å². The standard InChI is InChI=1S/C24H28N6O/c31-24(29-15-20(17-5-2-1-3-6-17)19-7-4-8-21(19)29)18-11-13-28(14-12-18)23-10-9-22-26-25-16-30(22)27-23/h1-3,5-6,9-10,16,18-21H,4,7-8,11-15H2. The van der Waals surface area contributed by atoms with Gasteiger partial charge in [0.1, 0.15) is 12.1 Å². The lowest BCUT2D eigenvalue weighted by molar-refractivity contribution is -0.137. The molecule has 1 amide bonds. The fourth-order valence-corrected chi connectivity index (χ4v) is 6.09. The second-order valence-corrected chi connectivity index (χ2v) is 9.26. The van der Waals surface area contributed by atoms with E-state index in [1.54, 1.807) is 10.8 Å². The highest BCUT2D eigenvalue weighted by atomic mass is 16.2. The Morgan fingerprint density at radius 1 is 0.968 bits per heavy atom. The molecule has 3 fully saturated rings. The molecule has 7 nitrogen and oxygen atoms in total. The number of carbonyl (C=O) groups excluding carboxylic acids is 1. The summed E-state index contributed by atoms with van der Waals surface area (Å²) in [5, 5.41) is 12.5. The Labute approximate surface area is 182 Å². The van der Waals surface area contributed by atoms with E-state index in [2.05, 4.69) is 55.4 Å². The molecule has 0 N–H and O–H groups in total. The van der Waals surface area contributed by atoms with E-state index in [1.165, 1.54) is 24.8 Å². The molecule has 7 heteroatoms. The van der Waals surface area contributed by atoms with Gasteiger partial charge < -0.3 is 9.80 Å². The Bertz CT molecular complexity index is 1070. The van der Waals surface area contributed by atoms with Gasteiger partial charge in [-0.1, -0.05) is 36.8 Å². The van der Waals surface area contributed by atoms with Gasteiger partial charge in [-0.2, -0.15) is 4.52 Å². The summed E-state index contributed by atoms with van der Waals surface area (Å²) in [6, 6.07) is 15.2. The Kier molecular flexibility index (Phi) is 4.62. The van der Waals surface area contributed by atoms with E-state index in [9.17, 15) is 4.79 Å². The van der Waals surface area contributed by atoms with Crippen molar-refractivity contribution in [1.82, 2.24) is 24.7 Å². The van der Waals surface area contributed by atoms with Crippen LogP contribution in [0.5, 0.6) is 0 Å². The van der Waals surface area contributed by atoms with Crippen molar-refractivity contribution in [3.63, 3.8) is 0 Å². The Hall–Kier alpha value is -2.96. The lowest BCUT2D eigenvalue weighted by Gasteiger charge is -2.35. The van der Waals surface area contributed by atoms with Gasteiger partial charge in [-0.05, 0) is 49.3 Å². The van der Waals surface area contributed by atoms with Gasteiger partial charge in [0, 0.05) is 37.5 Å². The van der Waals surface area contributed by atoms with Crippen LogP contribution in [0.2, 0.25) is 0 Å². The minimum atomic E-state index is 0.130. The minimum Gasteiger partial charge on any atom is -0.355 e. The first-order chi connectivity index (χ1) is 15.3. The van der Waals surface area contributed by atoms with Crippen LogP contribution < -0.4 is 4.90 Å². The van der Waals surface area contributed by atoms with Crippen molar-refractivity contribution in [1.29, 1.82) is 0 Å². The minimum absolute atomic E-state index is 0.130. The zero-order valence-corrected chi connectivity index (χ0v) is 17.7. The summed E-state index contributed by atoms with van der Waals surface area (Å²) in [6.07, 6.45) is 7.09. The summed E-state index contributed by atoms with van der Waals surface area (Å²) in [5.74, 6) is 2.57.